The Balaban J connectivity index is 2.00. The van der Waals surface area contributed by atoms with E-state index in [1.165, 1.54) is 18.4 Å². The number of carbonyl (C=O) groups excluding carboxylic acids is 1. The molecule has 1 aromatic carbocycles. The summed E-state index contributed by atoms with van der Waals surface area (Å²) in [5, 5.41) is 9.17. The van der Waals surface area contributed by atoms with Crippen LogP contribution in [0.25, 0.3) is 6.08 Å². The molecular weight excluding hydrogens is 262 g/mol. The van der Waals surface area contributed by atoms with Gasteiger partial charge < -0.3 is 10.0 Å². The van der Waals surface area contributed by atoms with Gasteiger partial charge in [-0.15, -0.1) is 0 Å². The minimum Gasteiger partial charge on any atom is -0.395 e. The minimum absolute atomic E-state index is 0.00974. The van der Waals surface area contributed by atoms with Crippen molar-refractivity contribution in [3.8, 4) is 0 Å². The minimum atomic E-state index is 0.00974. The maximum Gasteiger partial charge on any atom is 0.246 e. The van der Waals surface area contributed by atoms with E-state index in [4.69, 9.17) is 0 Å². The molecular formula is C18H25NO2. The SMILES string of the molecule is CCc1ccc(C=CC(=O)N(CCO)C2CCCC2)cc1. The Bertz CT molecular complexity index is 472. The van der Waals surface area contributed by atoms with Crippen molar-refractivity contribution < 1.29 is 9.90 Å². The Morgan fingerprint density at radius 2 is 1.95 bits per heavy atom. The van der Waals surface area contributed by atoms with Crippen LogP contribution in [0.4, 0.5) is 0 Å². The number of nitrogens with zero attached hydrogens (tertiary/aromatic N) is 1. The maximum atomic E-state index is 12.3. The van der Waals surface area contributed by atoms with Gasteiger partial charge in [-0.05, 0) is 36.5 Å². The maximum absolute atomic E-state index is 12.3. The fourth-order valence-corrected chi connectivity index (χ4v) is 2.92. The van der Waals surface area contributed by atoms with Crippen LogP contribution in [0.3, 0.4) is 0 Å². The summed E-state index contributed by atoms with van der Waals surface area (Å²) in [6.45, 7) is 2.59. The van der Waals surface area contributed by atoms with E-state index in [9.17, 15) is 9.90 Å². The average Bonchev–Trinajstić information content (AvgIpc) is 3.04. The molecule has 114 valence electrons. The highest BCUT2D eigenvalue weighted by atomic mass is 16.3. The van der Waals surface area contributed by atoms with E-state index in [1.807, 2.05) is 23.1 Å². The molecule has 1 fully saturated rings. The second-order valence-corrected chi connectivity index (χ2v) is 5.62. The number of rotatable bonds is 6. The zero-order chi connectivity index (χ0) is 15.1. The molecule has 0 bridgehead atoms. The number of aliphatic hydroxyl groups is 1. The van der Waals surface area contributed by atoms with Gasteiger partial charge in [0, 0.05) is 18.7 Å². The first-order valence-electron chi connectivity index (χ1n) is 7.93. The molecule has 21 heavy (non-hydrogen) atoms. The van der Waals surface area contributed by atoms with Gasteiger partial charge in [0.05, 0.1) is 6.61 Å². The molecule has 1 amide bonds. The van der Waals surface area contributed by atoms with E-state index in [0.29, 0.717) is 12.6 Å². The highest BCUT2D eigenvalue weighted by molar-refractivity contribution is 5.92. The Hall–Kier alpha value is -1.61. The Morgan fingerprint density at radius 1 is 1.29 bits per heavy atom. The second-order valence-electron chi connectivity index (χ2n) is 5.62. The van der Waals surface area contributed by atoms with Gasteiger partial charge in [0.2, 0.25) is 5.91 Å². The van der Waals surface area contributed by atoms with Crippen LogP contribution in [0.5, 0.6) is 0 Å². The molecule has 3 nitrogen and oxygen atoms in total. The smallest absolute Gasteiger partial charge is 0.246 e. The number of hydrogen-bond acceptors (Lipinski definition) is 2. The number of hydrogen-bond donors (Lipinski definition) is 1. The van der Waals surface area contributed by atoms with Crippen molar-refractivity contribution in [3.63, 3.8) is 0 Å². The zero-order valence-electron chi connectivity index (χ0n) is 12.8. The van der Waals surface area contributed by atoms with Gasteiger partial charge in [-0.3, -0.25) is 4.79 Å². The van der Waals surface area contributed by atoms with Crippen LogP contribution >= 0.6 is 0 Å². The topological polar surface area (TPSA) is 40.5 Å². The molecule has 0 atom stereocenters. The molecule has 3 heteroatoms. The lowest BCUT2D eigenvalue weighted by atomic mass is 10.1. The van der Waals surface area contributed by atoms with Crippen LogP contribution in [0.1, 0.15) is 43.7 Å². The van der Waals surface area contributed by atoms with Crippen molar-refractivity contribution in [1.82, 2.24) is 4.90 Å². The monoisotopic (exact) mass is 287 g/mol. The summed E-state index contributed by atoms with van der Waals surface area (Å²) in [6, 6.07) is 8.55. The highest BCUT2D eigenvalue weighted by Gasteiger charge is 2.24. The lowest BCUT2D eigenvalue weighted by molar-refractivity contribution is -0.128. The Labute approximate surface area is 127 Å². The molecule has 0 unspecified atom stereocenters. The van der Waals surface area contributed by atoms with Crippen molar-refractivity contribution in [1.29, 1.82) is 0 Å². The molecule has 0 radical (unpaired) electrons. The molecule has 2 rings (SSSR count). The van der Waals surface area contributed by atoms with Gasteiger partial charge in [0.25, 0.3) is 0 Å². The lowest BCUT2D eigenvalue weighted by Crippen LogP contribution is -2.39. The van der Waals surface area contributed by atoms with E-state index < -0.39 is 0 Å². The Kier molecular flexibility index (Phi) is 6.00. The number of benzene rings is 1. The molecule has 0 saturated heterocycles. The standard InChI is InChI=1S/C18H25NO2/c1-2-15-7-9-16(10-8-15)11-12-18(21)19(13-14-20)17-5-3-4-6-17/h7-12,17,20H,2-6,13-14H2,1H3. The van der Waals surface area contributed by atoms with E-state index >= 15 is 0 Å². The van der Waals surface area contributed by atoms with Crippen molar-refractivity contribution in [3.05, 3.63) is 41.5 Å². The summed E-state index contributed by atoms with van der Waals surface area (Å²) >= 11 is 0. The molecule has 1 aromatic rings. The first-order valence-corrected chi connectivity index (χ1v) is 7.93. The van der Waals surface area contributed by atoms with Crippen LogP contribution in [0.2, 0.25) is 0 Å². The summed E-state index contributed by atoms with van der Waals surface area (Å²) in [5.41, 5.74) is 2.34. The van der Waals surface area contributed by atoms with Crippen LogP contribution < -0.4 is 0 Å². The summed E-state index contributed by atoms with van der Waals surface area (Å²) in [5.74, 6) is 0.00974. The van der Waals surface area contributed by atoms with E-state index in [2.05, 4.69) is 19.1 Å². The predicted octanol–water partition coefficient (Wildman–Crippen LogP) is 3.03. The first-order chi connectivity index (χ1) is 10.2. The normalized spacial score (nSPS) is 15.7. The summed E-state index contributed by atoms with van der Waals surface area (Å²) in [6.07, 6.45) is 9.00. The van der Waals surface area contributed by atoms with Gasteiger partial charge in [-0.1, -0.05) is 44.0 Å². The van der Waals surface area contributed by atoms with Gasteiger partial charge in [-0.2, -0.15) is 0 Å². The third-order valence-corrected chi connectivity index (χ3v) is 4.20. The van der Waals surface area contributed by atoms with Gasteiger partial charge in [0.15, 0.2) is 0 Å². The van der Waals surface area contributed by atoms with Crippen molar-refractivity contribution >= 4 is 12.0 Å². The lowest BCUT2D eigenvalue weighted by Gasteiger charge is -2.27. The first kappa shape index (κ1) is 15.8. The third kappa shape index (κ3) is 4.43. The van der Waals surface area contributed by atoms with Gasteiger partial charge in [-0.25, -0.2) is 0 Å². The largest absolute Gasteiger partial charge is 0.395 e. The fourth-order valence-electron chi connectivity index (χ4n) is 2.92. The van der Waals surface area contributed by atoms with Gasteiger partial charge in [0.1, 0.15) is 0 Å². The summed E-state index contributed by atoms with van der Waals surface area (Å²) < 4.78 is 0. The molecule has 1 aliphatic rings. The number of aliphatic hydroxyl groups excluding tert-OH is 1. The highest BCUT2D eigenvalue weighted by Crippen LogP contribution is 2.23. The van der Waals surface area contributed by atoms with Crippen molar-refractivity contribution in [2.75, 3.05) is 13.2 Å². The van der Waals surface area contributed by atoms with Crippen molar-refractivity contribution in [2.45, 2.75) is 45.1 Å². The van der Waals surface area contributed by atoms with Crippen LogP contribution in [0, 0.1) is 0 Å². The van der Waals surface area contributed by atoms with E-state index in [-0.39, 0.29) is 12.5 Å². The fraction of sp³-hybridized carbons (Fsp3) is 0.500. The van der Waals surface area contributed by atoms with Crippen LogP contribution in [0.15, 0.2) is 30.3 Å². The number of amides is 1. The molecule has 0 heterocycles. The molecule has 1 N–H and O–H groups in total. The predicted molar refractivity (Wildman–Crippen MR) is 85.9 cm³/mol. The second kappa shape index (κ2) is 7.99. The molecule has 0 spiro atoms. The molecule has 0 aromatic heterocycles. The van der Waals surface area contributed by atoms with E-state index in [1.54, 1.807) is 6.08 Å². The third-order valence-electron chi connectivity index (χ3n) is 4.20. The van der Waals surface area contributed by atoms with Gasteiger partial charge >= 0.3 is 0 Å². The molecule has 1 saturated carbocycles. The number of carbonyl (C=O) groups is 1. The van der Waals surface area contributed by atoms with Crippen LogP contribution in [-0.4, -0.2) is 35.1 Å². The zero-order valence-corrected chi connectivity index (χ0v) is 12.8. The summed E-state index contributed by atoms with van der Waals surface area (Å²) in [7, 11) is 0. The molecule has 0 aliphatic heterocycles. The Morgan fingerprint density at radius 3 is 2.52 bits per heavy atom. The quantitative estimate of drug-likeness (QED) is 0.817. The van der Waals surface area contributed by atoms with Crippen LogP contribution in [-0.2, 0) is 11.2 Å². The average molecular weight is 287 g/mol. The van der Waals surface area contributed by atoms with E-state index in [0.717, 1.165) is 24.8 Å². The summed E-state index contributed by atoms with van der Waals surface area (Å²) in [4.78, 5) is 14.2. The number of aryl methyl sites for hydroxylation is 1. The van der Waals surface area contributed by atoms with Crippen molar-refractivity contribution in [2.24, 2.45) is 0 Å². The molecule has 1 aliphatic carbocycles.